The molecule has 2 fully saturated rings. The number of anilines is 2. The van der Waals surface area contributed by atoms with Gasteiger partial charge in [-0.15, -0.1) is 0 Å². The lowest BCUT2D eigenvalue weighted by molar-refractivity contribution is -0.169. The lowest BCUT2D eigenvalue weighted by Gasteiger charge is -2.38. The van der Waals surface area contributed by atoms with E-state index in [2.05, 4.69) is 26.3 Å². The van der Waals surface area contributed by atoms with E-state index in [1.807, 2.05) is 32.9 Å². The van der Waals surface area contributed by atoms with Gasteiger partial charge in [-0.3, -0.25) is 4.79 Å². The van der Waals surface area contributed by atoms with Crippen LogP contribution in [0.25, 0.3) is 0 Å². The minimum absolute atomic E-state index is 0.229. The first-order valence-corrected chi connectivity index (χ1v) is 9.71. The molecule has 1 spiro atoms. The quantitative estimate of drug-likeness (QED) is 0.879. The number of hydrogen-bond donors (Lipinski definition) is 1. The van der Waals surface area contributed by atoms with Crippen molar-refractivity contribution < 1.29 is 14.3 Å². The molecule has 2 aromatic rings. The van der Waals surface area contributed by atoms with Gasteiger partial charge in [0.05, 0.1) is 13.2 Å². The van der Waals surface area contributed by atoms with Crippen LogP contribution in [0.5, 0.6) is 0 Å². The standard InChI is InChI=1S/C21H26N4O3/c1-14-10-15(2)12-17(11-14)24-20(26)18-13-19(23-16(3)22-18)25-6-4-21(5-7-25)27-8-9-28-21/h10-13H,4-9H2,1-3H3,(H,24,26). The predicted molar refractivity (Wildman–Crippen MR) is 107 cm³/mol. The predicted octanol–water partition coefficient (Wildman–Crippen LogP) is 3.00. The van der Waals surface area contributed by atoms with Gasteiger partial charge >= 0.3 is 0 Å². The zero-order chi connectivity index (χ0) is 19.7. The van der Waals surface area contributed by atoms with E-state index in [1.54, 1.807) is 6.07 Å². The summed E-state index contributed by atoms with van der Waals surface area (Å²) in [5.41, 5.74) is 3.35. The van der Waals surface area contributed by atoms with Crippen LogP contribution in [-0.2, 0) is 9.47 Å². The molecule has 3 heterocycles. The van der Waals surface area contributed by atoms with Crippen molar-refractivity contribution >= 4 is 17.4 Å². The molecule has 2 aliphatic heterocycles. The second kappa shape index (κ2) is 7.48. The summed E-state index contributed by atoms with van der Waals surface area (Å²) in [5, 5.41) is 2.95. The highest BCUT2D eigenvalue weighted by Gasteiger charge is 2.40. The van der Waals surface area contributed by atoms with Crippen LogP contribution in [-0.4, -0.2) is 48.0 Å². The van der Waals surface area contributed by atoms with Crippen LogP contribution < -0.4 is 10.2 Å². The monoisotopic (exact) mass is 382 g/mol. The average Bonchev–Trinajstić information content (AvgIpc) is 3.09. The fraction of sp³-hybridized carbons (Fsp3) is 0.476. The first-order chi connectivity index (χ1) is 13.4. The van der Waals surface area contributed by atoms with Crippen molar-refractivity contribution in [3.63, 3.8) is 0 Å². The molecule has 0 unspecified atom stereocenters. The molecule has 2 saturated heterocycles. The Kier molecular flexibility index (Phi) is 5.03. The van der Waals surface area contributed by atoms with E-state index in [0.29, 0.717) is 24.7 Å². The van der Waals surface area contributed by atoms with Crippen LogP contribution in [0, 0.1) is 20.8 Å². The van der Waals surface area contributed by atoms with Crippen LogP contribution in [0.4, 0.5) is 11.5 Å². The molecule has 2 aliphatic rings. The van der Waals surface area contributed by atoms with E-state index >= 15 is 0 Å². The second-order valence-corrected chi connectivity index (χ2v) is 7.58. The molecule has 0 saturated carbocycles. The molecule has 0 atom stereocenters. The summed E-state index contributed by atoms with van der Waals surface area (Å²) in [4.78, 5) is 23.8. The Hall–Kier alpha value is -2.51. The van der Waals surface area contributed by atoms with Gasteiger partial charge in [0.25, 0.3) is 5.91 Å². The lowest BCUT2D eigenvalue weighted by Crippen LogP contribution is -2.45. The Bertz CT molecular complexity index is 863. The van der Waals surface area contributed by atoms with Gasteiger partial charge in [-0.25, -0.2) is 9.97 Å². The van der Waals surface area contributed by atoms with E-state index in [1.165, 1.54) is 0 Å². The molecular formula is C21H26N4O3. The second-order valence-electron chi connectivity index (χ2n) is 7.58. The van der Waals surface area contributed by atoms with Crippen LogP contribution in [0.15, 0.2) is 24.3 Å². The first kappa shape index (κ1) is 18.8. The summed E-state index contributed by atoms with van der Waals surface area (Å²) in [5.74, 6) is 0.692. The fourth-order valence-electron chi connectivity index (χ4n) is 3.93. The van der Waals surface area contributed by atoms with E-state index < -0.39 is 5.79 Å². The number of rotatable bonds is 3. The van der Waals surface area contributed by atoms with Crippen molar-refractivity contribution in [1.82, 2.24) is 9.97 Å². The summed E-state index contributed by atoms with van der Waals surface area (Å²) < 4.78 is 11.6. The van der Waals surface area contributed by atoms with Crippen LogP contribution in [0.1, 0.15) is 40.3 Å². The Labute approximate surface area is 165 Å². The molecule has 1 N–H and O–H groups in total. The smallest absolute Gasteiger partial charge is 0.274 e. The number of piperidine rings is 1. The molecule has 148 valence electrons. The average molecular weight is 382 g/mol. The lowest BCUT2D eigenvalue weighted by atomic mass is 10.0. The number of hydrogen-bond acceptors (Lipinski definition) is 6. The van der Waals surface area contributed by atoms with Crippen LogP contribution in [0.2, 0.25) is 0 Å². The van der Waals surface area contributed by atoms with Gasteiger partial charge in [0.15, 0.2) is 5.79 Å². The maximum atomic E-state index is 12.8. The fourth-order valence-corrected chi connectivity index (χ4v) is 3.93. The minimum atomic E-state index is -0.429. The zero-order valence-corrected chi connectivity index (χ0v) is 16.6. The number of carbonyl (C=O) groups excluding carboxylic acids is 1. The van der Waals surface area contributed by atoms with Gasteiger partial charge in [0.2, 0.25) is 0 Å². The highest BCUT2D eigenvalue weighted by atomic mass is 16.7. The van der Waals surface area contributed by atoms with Crippen LogP contribution >= 0.6 is 0 Å². The first-order valence-electron chi connectivity index (χ1n) is 9.71. The number of aromatic nitrogens is 2. The molecule has 0 radical (unpaired) electrons. The number of carbonyl (C=O) groups is 1. The van der Waals surface area contributed by atoms with E-state index in [9.17, 15) is 4.79 Å². The Morgan fingerprint density at radius 2 is 1.64 bits per heavy atom. The number of ether oxygens (including phenoxy) is 2. The van der Waals surface area contributed by atoms with Crippen molar-refractivity contribution in [3.8, 4) is 0 Å². The maximum Gasteiger partial charge on any atom is 0.274 e. The Balaban J connectivity index is 1.50. The zero-order valence-electron chi connectivity index (χ0n) is 16.6. The molecule has 4 rings (SSSR count). The van der Waals surface area contributed by atoms with Gasteiger partial charge in [0, 0.05) is 37.7 Å². The number of amides is 1. The summed E-state index contributed by atoms with van der Waals surface area (Å²) in [7, 11) is 0. The van der Waals surface area contributed by atoms with Crippen molar-refractivity contribution in [2.75, 3.05) is 36.5 Å². The number of benzene rings is 1. The van der Waals surface area contributed by atoms with Crippen molar-refractivity contribution in [1.29, 1.82) is 0 Å². The van der Waals surface area contributed by atoms with Gasteiger partial charge in [-0.1, -0.05) is 6.07 Å². The third kappa shape index (κ3) is 4.00. The van der Waals surface area contributed by atoms with E-state index in [4.69, 9.17) is 9.47 Å². The summed E-state index contributed by atoms with van der Waals surface area (Å²) in [6.45, 7) is 8.70. The Morgan fingerprint density at radius 3 is 2.29 bits per heavy atom. The van der Waals surface area contributed by atoms with Gasteiger partial charge in [-0.2, -0.15) is 0 Å². The molecule has 7 heteroatoms. The number of aryl methyl sites for hydroxylation is 3. The molecule has 1 aromatic heterocycles. The topological polar surface area (TPSA) is 76.6 Å². The van der Waals surface area contributed by atoms with Crippen molar-refractivity contribution in [3.05, 3.63) is 46.9 Å². The maximum absolute atomic E-state index is 12.8. The largest absolute Gasteiger partial charge is 0.356 e. The van der Waals surface area contributed by atoms with Crippen molar-refractivity contribution in [2.45, 2.75) is 39.4 Å². The molecule has 1 amide bonds. The van der Waals surface area contributed by atoms with Gasteiger partial charge < -0.3 is 19.7 Å². The van der Waals surface area contributed by atoms with E-state index in [-0.39, 0.29) is 5.91 Å². The molecule has 0 bridgehead atoms. The van der Waals surface area contributed by atoms with Crippen LogP contribution in [0.3, 0.4) is 0 Å². The van der Waals surface area contributed by atoms with Gasteiger partial charge in [-0.05, 0) is 44.0 Å². The number of nitrogens with zero attached hydrogens (tertiary/aromatic N) is 3. The molecular weight excluding hydrogens is 356 g/mol. The van der Waals surface area contributed by atoms with Gasteiger partial charge in [0.1, 0.15) is 17.3 Å². The minimum Gasteiger partial charge on any atom is -0.356 e. The highest BCUT2D eigenvalue weighted by Crippen LogP contribution is 2.32. The third-order valence-electron chi connectivity index (χ3n) is 5.20. The molecule has 7 nitrogen and oxygen atoms in total. The van der Waals surface area contributed by atoms with Crippen molar-refractivity contribution in [2.24, 2.45) is 0 Å². The molecule has 0 aliphatic carbocycles. The third-order valence-corrected chi connectivity index (χ3v) is 5.20. The summed E-state index contributed by atoms with van der Waals surface area (Å²) in [6.07, 6.45) is 1.58. The summed E-state index contributed by atoms with van der Waals surface area (Å²) in [6, 6.07) is 7.74. The Morgan fingerprint density at radius 1 is 1.00 bits per heavy atom. The van der Waals surface area contributed by atoms with E-state index in [0.717, 1.165) is 48.6 Å². The molecule has 1 aromatic carbocycles. The summed E-state index contributed by atoms with van der Waals surface area (Å²) >= 11 is 0. The molecule has 28 heavy (non-hydrogen) atoms. The highest BCUT2D eigenvalue weighted by molar-refractivity contribution is 6.03. The SMILES string of the molecule is Cc1cc(C)cc(NC(=O)c2cc(N3CCC4(CC3)OCCO4)nc(C)n2)c1. The number of nitrogens with one attached hydrogen (secondary N) is 1. The normalized spacial score (nSPS) is 18.5.